The lowest BCUT2D eigenvalue weighted by atomic mass is 10.1. The summed E-state index contributed by atoms with van der Waals surface area (Å²) in [6.45, 7) is -0.162. The second-order valence-corrected chi connectivity index (χ2v) is 3.59. The molecular weight excluding hydrogens is 281 g/mol. The van der Waals surface area contributed by atoms with Gasteiger partial charge in [-0.1, -0.05) is 0 Å². The fourth-order valence-corrected chi connectivity index (χ4v) is 1.50. The molecule has 0 aliphatic rings. The molecule has 112 valence electrons. The van der Waals surface area contributed by atoms with E-state index in [0.717, 1.165) is 20.4 Å². The molecule has 6 nitrogen and oxygen atoms in total. The standard InChI is InChI=1S/C11H13F3N2O4/c1-18-8-5-16-7(4-15)6(3-9(17)19-2)10(8)20-11(12,13)14/h5H,3-4,15H2,1-2H3. The van der Waals surface area contributed by atoms with Crippen molar-refractivity contribution in [3.05, 3.63) is 17.5 Å². The van der Waals surface area contributed by atoms with Gasteiger partial charge in [0.25, 0.3) is 0 Å². The lowest BCUT2D eigenvalue weighted by Crippen LogP contribution is -2.21. The molecule has 1 heterocycles. The Morgan fingerprint density at radius 3 is 2.50 bits per heavy atom. The van der Waals surface area contributed by atoms with Crippen molar-refractivity contribution in [1.29, 1.82) is 0 Å². The zero-order chi connectivity index (χ0) is 15.3. The minimum Gasteiger partial charge on any atom is -0.491 e. The first kappa shape index (κ1) is 16.0. The third kappa shape index (κ3) is 3.98. The summed E-state index contributed by atoms with van der Waals surface area (Å²) in [5.41, 5.74) is 5.38. The van der Waals surface area contributed by atoms with Gasteiger partial charge in [0.1, 0.15) is 0 Å². The molecule has 0 atom stereocenters. The molecule has 9 heteroatoms. The van der Waals surface area contributed by atoms with Crippen LogP contribution in [0.5, 0.6) is 11.5 Å². The quantitative estimate of drug-likeness (QED) is 0.820. The maximum Gasteiger partial charge on any atom is 0.573 e. The number of hydrogen-bond donors (Lipinski definition) is 1. The van der Waals surface area contributed by atoms with E-state index in [-0.39, 0.29) is 23.6 Å². The molecule has 0 fully saturated rings. The Bertz CT molecular complexity index is 491. The third-order valence-corrected chi connectivity index (χ3v) is 2.36. The van der Waals surface area contributed by atoms with Gasteiger partial charge >= 0.3 is 12.3 Å². The van der Waals surface area contributed by atoms with E-state index in [4.69, 9.17) is 10.5 Å². The van der Waals surface area contributed by atoms with Crippen LogP contribution in [0.2, 0.25) is 0 Å². The summed E-state index contributed by atoms with van der Waals surface area (Å²) in [6, 6.07) is 0. The van der Waals surface area contributed by atoms with E-state index < -0.39 is 24.5 Å². The summed E-state index contributed by atoms with van der Waals surface area (Å²) in [7, 11) is 2.27. The Balaban J connectivity index is 3.35. The molecule has 0 amide bonds. The monoisotopic (exact) mass is 294 g/mol. The molecule has 0 bridgehead atoms. The lowest BCUT2D eigenvalue weighted by molar-refractivity contribution is -0.275. The van der Waals surface area contributed by atoms with Gasteiger partial charge in [-0.2, -0.15) is 0 Å². The molecule has 20 heavy (non-hydrogen) atoms. The molecule has 0 aliphatic carbocycles. The molecule has 0 aromatic carbocycles. The average Bonchev–Trinajstić information content (AvgIpc) is 2.38. The first-order valence-electron chi connectivity index (χ1n) is 5.39. The Morgan fingerprint density at radius 2 is 2.05 bits per heavy atom. The van der Waals surface area contributed by atoms with Gasteiger partial charge in [-0.15, -0.1) is 13.2 Å². The fourth-order valence-electron chi connectivity index (χ4n) is 1.50. The van der Waals surface area contributed by atoms with Gasteiger partial charge in [-0.05, 0) is 0 Å². The van der Waals surface area contributed by atoms with E-state index in [1.54, 1.807) is 0 Å². The average molecular weight is 294 g/mol. The van der Waals surface area contributed by atoms with E-state index in [1.165, 1.54) is 0 Å². The molecule has 0 radical (unpaired) electrons. The Labute approximate surface area is 112 Å². The summed E-state index contributed by atoms with van der Waals surface area (Å²) in [5.74, 6) is -1.64. The largest absolute Gasteiger partial charge is 0.573 e. The Morgan fingerprint density at radius 1 is 1.40 bits per heavy atom. The highest BCUT2D eigenvalue weighted by molar-refractivity contribution is 5.74. The summed E-state index contributed by atoms with van der Waals surface area (Å²) in [5, 5.41) is 0. The van der Waals surface area contributed by atoms with Crippen molar-refractivity contribution in [3.8, 4) is 11.5 Å². The van der Waals surface area contributed by atoms with Crippen molar-refractivity contribution in [3.63, 3.8) is 0 Å². The Kier molecular flexibility index (Phi) is 5.14. The smallest absolute Gasteiger partial charge is 0.491 e. The molecule has 0 unspecified atom stereocenters. The topological polar surface area (TPSA) is 83.7 Å². The molecule has 0 aliphatic heterocycles. The molecule has 0 spiro atoms. The number of carbonyl (C=O) groups excluding carboxylic acids is 1. The van der Waals surface area contributed by atoms with E-state index in [1.807, 2.05) is 0 Å². The molecule has 0 saturated carbocycles. The van der Waals surface area contributed by atoms with Gasteiger partial charge in [-0.3, -0.25) is 9.78 Å². The number of pyridine rings is 1. The highest BCUT2D eigenvalue weighted by atomic mass is 19.4. The van der Waals surface area contributed by atoms with Gasteiger partial charge in [-0.25, -0.2) is 0 Å². The van der Waals surface area contributed by atoms with Crippen LogP contribution in [-0.2, 0) is 22.5 Å². The number of halogens is 3. The van der Waals surface area contributed by atoms with E-state index in [2.05, 4.69) is 14.5 Å². The minimum absolute atomic E-state index is 0.0930. The van der Waals surface area contributed by atoms with Gasteiger partial charge in [0.2, 0.25) is 0 Å². The first-order valence-corrected chi connectivity index (χ1v) is 5.39. The highest BCUT2D eigenvalue weighted by Gasteiger charge is 2.35. The molecule has 2 N–H and O–H groups in total. The second kappa shape index (κ2) is 6.42. The van der Waals surface area contributed by atoms with Crippen LogP contribution in [0.3, 0.4) is 0 Å². The van der Waals surface area contributed by atoms with Gasteiger partial charge < -0.3 is 19.9 Å². The fraction of sp³-hybridized carbons (Fsp3) is 0.455. The molecule has 1 aromatic rings. The van der Waals surface area contributed by atoms with Crippen molar-refractivity contribution in [1.82, 2.24) is 4.98 Å². The van der Waals surface area contributed by atoms with Crippen LogP contribution >= 0.6 is 0 Å². The van der Waals surface area contributed by atoms with E-state index in [9.17, 15) is 18.0 Å². The summed E-state index contributed by atoms with van der Waals surface area (Å²) < 4.78 is 50.4. The van der Waals surface area contributed by atoms with Crippen molar-refractivity contribution >= 4 is 5.97 Å². The van der Waals surface area contributed by atoms with Crippen molar-refractivity contribution in [2.45, 2.75) is 19.3 Å². The van der Waals surface area contributed by atoms with Gasteiger partial charge in [0, 0.05) is 12.1 Å². The van der Waals surface area contributed by atoms with Crippen LogP contribution in [0.4, 0.5) is 13.2 Å². The van der Waals surface area contributed by atoms with Crippen LogP contribution in [0.15, 0.2) is 6.20 Å². The second-order valence-electron chi connectivity index (χ2n) is 3.59. The highest BCUT2D eigenvalue weighted by Crippen LogP contribution is 2.36. The number of esters is 1. The number of methoxy groups -OCH3 is 2. The maximum atomic E-state index is 12.4. The van der Waals surface area contributed by atoms with Crippen molar-refractivity contribution in [2.75, 3.05) is 14.2 Å². The van der Waals surface area contributed by atoms with Crippen molar-refractivity contribution < 1.29 is 32.2 Å². The van der Waals surface area contributed by atoms with Crippen LogP contribution in [0.25, 0.3) is 0 Å². The number of hydrogen-bond acceptors (Lipinski definition) is 6. The number of aromatic nitrogens is 1. The summed E-state index contributed by atoms with van der Waals surface area (Å²) in [4.78, 5) is 15.1. The van der Waals surface area contributed by atoms with Crippen LogP contribution < -0.4 is 15.2 Å². The zero-order valence-electron chi connectivity index (χ0n) is 10.8. The number of ether oxygens (including phenoxy) is 3. The lowest BCUT2D eigenvalue weighted by Gasteiger charge is -2.17. The Hall–Kier alpha value is -2.03. The zero-order valence-corrected chi connectivity index (χ0v) is 10.8. The number of nitrogens with zero attached hydrogens (tertiary/aromatic N) is 1. The normalized spacial score (nSPS) is 11.1. The first-order chi connectivity index (χ1) is 9.32. The van der Waals surface area contributed by atoms with E-state index >= 15 is 0 Å². The molecule has 0 saturated heterocycles. The molecular formula is C11H13F3N2O4. The number of rotatable bonds is 5. The predicted octanol–water partition coefficient (Wildman–Crippen LogP) is 1.16. The number of nitrogens with two attached hydrogens (primary N) is 1. The van der Waals surface area contributed by atoms with E-state index in [0.29, 0.717) is 0 Å². The molecule has 1 aromatic heterocycles. The van der Waals surface area contributed by atoms with Crippen LogP contribution in [-0.4, -0.2) is 31.5 Å². The van der Waals surface area contributed by atoms with Crippen molar-refractivity contribution in [2.24, 2.45) is 5.73 Å². The van der Waals surface area contributed by atoms with Crippen LogP contribution in [0.1, 0.15) is 11.3 Å². The summed E-state index contributed by atoms with van der Waals surface area (Å²) >= 11 is 0. The number of carbonyl (C=O) groups is 1. The minimum atomic E-state index is -4.94. The van der Waals surface area contributed by atoms with Crippen LogP contribution in [0, 0.1) is 0 Å². The molecule has 1 rings (SSSR count). The SMILES string of the molecule is COC(=O)Cc1c(CN)ncc(OC)c1OC(F)(F)F. The third-order valence-electron chi connectivity index (χ3n) is 2.36. The maximum absolute atomic E-state index is 12.4. The predicted molar refractivity (Wildman–Crippen MR) is 61.1 cm³/mol. The summed E-state index contributed by atoms with van der Waals surface area (Å²) in [6.07, 6.45) is -4.35. The van der Waals surface area contributed by atoms with Gasteiger partial charge in [0.05, 0.1) is 32.5 Å². The number of alkyl halides is 3. The van der Waals surface area contributed by atoms with Gasteiger partial charge in [0.15, 0.2) is 11.5 Å².